The average Bonchev–Trinajstić information content (AvgIpc) is 3.26. The molecule has 0 spiro atoms. The lowest BCUT2D eigenvalue weighted by molar-refractivity contribution is -0.377. The van der Waals surface area contributed by atoms with Gasteiger partial charge in [-0.05, 0) is 42.8 Å². The second-order valence-electron chi connectivity index (χ2n) is 7.89. The molecule has 4 rings (SSSR count). The maximum atomic E-state index is 15.1. The van der Waals surface area contributed by atoms with Crippen LogP contribution >= 0.6 is 23.2 Å². The van der Waals surface area contributed by atoms with Crippen LogP contribution in [-0.4, -0.2) is 48.8 Å². The van der Waals surface area contributed by atoms with Crippen LogP contribution in [0.4, 0.5) is 10.1 Å². The third-order valence-corrected chi connectivity index (χ3v) is 6.55. The number of hydrogen-bond donors (Lipinski definition) is 4. The number of anilines is 1. The molecule has 2 heterocycles. The first-order valence-corrected chi connectivity index (χ1v) is 11.7. The fourth-order valence-corrected chi connectivity index (χ4v) is 4.64. The Bertz CT molecular complexity index is 1380. The van der Waals surface area contributed by atoms with Crippen molar-refractivity contribution >= 4 is 45.7 Å². The van der Waals surface area contributed by atoms with E-state index in [4.69, 9.17) is 23.2 Å². The average molecular weight is 539 g/mol. The van der Waals surface area contributed by atoms with E-state index in [1.54, 1.807) is 6.07 Å². The van der Waals surface area contributed by atoms with Gasteiger partial charge in [0.1, 0.15) is 12.1 Å². The number of aromatic nitrogens is 2. The summed E-state index contributed by atoms with van der Waals surface area (Å²) in [6.07, 6.45) is -1.25. The Balaban J connectivity index is 0.00000176. The fraction of sp³-hybridized carbons (Fsp3) is 0.292. The molecule has 2 aromatic carbocycles. The van der Waals surface area contributed by atoms with Crippen LogP contribution in [0, 0.1) is 5.82 Å². The Hall–Kier alpha value is -3.02. The normalized spacial score (nSPS) is 17.5. The Morgan fingerprint density at radius 3 is 2.58 bits per heavy atom. The predicted octanol–water partition coefficient (Wildman–Crippen LogP) is 3.14. The highest BCUT2D eigenvalue weighted by atomic mass is 35.5. The van der Waals surface area contributed by atoms with Crippen LogP contribution in [0.5, 0.6) is 0 Å². The maximum Gasteiger partial charge on any atom is 0.377 e. The van der Waals surface area contributed by atoms with Crippen molar-refractivity contribution in [3.8, 4) is 0 Å². The second kappa shape index (κ2) is 10.5. The topological polar surface area (TPSA) is 128 Å². The van der Waals surface area contributed by atoms with E-state index in [9.17, 15) is 24.9 Å². The van der Waals surface area contributed by atoms with E-state index in [0.717, 1.165) is 12.4 Å². The van der Waals surface area contributed by atoms with Crippen molar-refractivity contribution in [3.63, 3.8) is 0 Å². The number of nitrogens with zero attached hydrogens (tertiary/aromatic N) is 3. The molecule has 1 aromatic heterocycles. The Labute approximate surface area is 216 Å². The molecule has 1 aliphatic rings. The molecule has 9 nitrogen and oxygen atoms in total. The highest BCUT2D eigenvalue weighted by molar-refractivity contribution is 6.42. The lowest BCUT2D eigenvalue weighted by Crippen LogP contribution is -2.41. The summed E-state index contributed by atoms with van der Waals surface area (Å²) in [5.41, 5.74) is -1.55. The van der Waals surface area contributed by atoms with Crippen molar-refractivity contribution in [2.75, 3.05) is 18.4 Å². The van der Waals surface area contributed by atoms with E-state index >= 15 is 4.39 Å². The van der Waals surface area contributed by atoms with E-state index < -0.39 is 23.0 Å². The SMILES string of the molecule is C=CC(=O)N1CCC(Nc2ccc3ncn(C(O)(O)O)c(=O)c3c2)(c2c(F)ccc(Cl)c2Cl)C1.CC. The van der Waals surface area contributed by atoms with Crippen molar-refractivity contribution < 1.29 is 24.5 Å². The standard InChI is InChI=1S/C22H19Cl2FN4O5.C2H6/c1-2-17(30)28-8-7-21(10-28,18-15(25)5-4-14(23)19(18)24)27-12-3-6-16-13(9-12)20(31)29(11-26-16)22(32,33)34;1-2/h2-6,9,11,27,32-34H,1,7-8,10H2;1-2H3. The smallest absolute Gasteiger partial charge is 0.374 e. The number of carbonyl (C=O) groups is 1. The molecule has 12 heteroatoms. The molecule has 1 unspecified atom stereocenters. The van der Waals surface area contributed by atoms with Gasteiger partial charge in [-0.15, -0.1) is 0 Å². The quantitative estimate of drug-likeness (QED) is 0.223. The van der Waals surface area contributed by atoms with E-state index in [0.29, 0.717) is 5.69 Å². The van der Waals surface area contributed by atoms with Crippen molar-refractivity contribution in [2.45, 2.75) is 31.9 Å². The molecule has 36 heavy (non-hydrogen) atoms. The summed E-state index contributed by atoms with van der Waals surface area (Å²) in [5.74, 6) is -0.983. The van der Waals surface area contributed by atoms with Crippen LogP contribution in [0.2, 0.25) is 10.0 Å². The lowest BCUT2D eigenvalue weighted by atomic mass is 9.87. The molecule has 1 aliphatic heterocycles. The van der Waals surface area contributed by atoms with Gasteiger partial charge in [0.15, 0.2) is 0 Å². The lowest BCUT2D eigenvalue weighted by Gasteiger charge is -2.33. The van der Waals surface area contributed by atoms with Crippen molar-refractivity contribution in [3.05, 3.63) is 81.1 Å². The number of halogens is 3. The Kier molecular flexibility index (Phi) is 8.07. The predicted molar refractivity (Wildman–Crippen MR) is 135 cm³/mol. The first kappa shape index (κ1) is 27.6. The zero-order valence-corrected chi connectivity index (χ0v) is 21.0. The third-order valence-electron chi connectivity index (χ3n) is 5.74. The van der Waals surface area contributed by atoms with Gasteiger partial charge in [-0.3, -0.25) is 9.59 Å². The molecular weight excluding hydrogens is 514 g/mol. The zero-order valence-electron chi connectivity index (χ0n) is 19.5. The molecule has 1 amide bonds. The van der Waals surface area contributed by atoms with Crippen LogP contribution in [0.1, 0.15) is 25.8 Å². The minimum absolute atomic E-state index is 0.0162. The summed E-state index contributed by atoms with van der Waals surface area (Å²) < 4.78 is 15.3. The van der Waals surface area contributed by atoms with E-state index in [-0.39, 0.29) is 56.5 Å². The summed E-state index contributed by atoms with van der Waals surface area (Å²) in [5, 5.41) is 31.5. The molecule has 1 atom stereocenters. The summed E-state index contributed by atoms with van der Waals surface area (Å²) in [6.45, 7) is 7.79. The fourth-order valence-electron chi connectivity index (χ4n) is 4.15. The summed E-state index contributed by atoms with van der Waals surface area (Å²) in [6, 6.07) is 6.94. The Morgan fingerprint density at radius 1 is 1.25 bits per heavy atom. The largest absolute Gasteiger partial charge is 0.377 e. The molecule has 1 fully saturated rings. The monoisotopic (exact) mass is 538 g/mol. The van der Waals surface area contributed by atoms with Gasteiger partial charge in [-0.25, -0.2) is 13.9 Å². The molecule has 192 valence electrons. The van der Waals surface area contributed by atoms with Crippen LogP contribution < -0.4 is 10.9 Å². The van der Waals surface area contributed by atoms with Crippen LogP contribution in [0.3, 0.4) is 0 Å². The highest BCUT2D eigenvalue weighted by Gasteiger charge is 2.44. The van der Waals surface area contributed by atoms with E-state index in [1.807, 2.05) is 13.8 Å². The number of aliphatic hydroxyl groups is 3. The molecule has 0 saturated carbocycles. The zero-order chi connectivity index (χ0) is 26.8. The Morgan fingerprint density at radius 2 is 1.94 bits per heavy atom. The summed E-state index contributed by atoms with van der Waals surface area (Å²) >= 11 is 12.6. The van der Waals surface area contributed by atoms with Crippen LogP contribution in [-0.2, 0) is 16.4 Å². The van der Waals surface area contributed by atoms with Crippen molar-refractivity contribution in [1.82, 2.24) is 14.5 Å². The number of likely N-dealkylation sites (tertiary alicyclic amines) is 1. The van der Waals surface area contributed by atoms with Gasteiger partial charge in [0, 0.05) is 24.3 Å². The number of benzene rings is 2. The minimum atomic E-state index is -3.45. The molecule has 4 N–H and O–H groups in total. The van der Waals surface area contributed by atoms with E-state index in [1.165, 1.54) is 29.2 Å². The molecular formula is C24H25Cl2FN4O5. The molecule has 3 aromatic rings. The van der Waals surface area contributed by atoms with Gasteiger partial charge < -0.3 is 25.5 Å². The highest BCUT2D eigenvalue weighted by Crippen LogP contribution is 2.43. The maximum absolute atomic E-state index is 15.1. The number of carbonyl (C=O) groups excluding carboxylic acids is 1. The van der Waals surface area contributed by atoms with Crippen molar-refractivity contribution in [1.29, 1.82) is 0 Å². The number of hydrogen-bond acceptors (Lipinski definition) is 7. The van der Waals surface area contributed by atoms with Gasteiger partial charge in [-0.2, -0.15) is 0 Å². The number of rotatable bonds is 5. The summed E-state index contributed by atoms with van der Waals surface area (Å²) in [7, 11) is 0. The van der Waals surface area contributed by atoms with Gasteiger partial charge in [0.25, 0.3) is 5.56 Å². The number of nitrogens with one attached hydrogen (secondary N) is 1. The van der Waals surface area contributed by atoms with Crippen LogP contribution in [0.15, 0.2) is 54.1 Å². The van der Waals surface area contributed by atoms with Crippen LogP contribution in [0.25, 0.3) is 10.9 Å². The first-order chi connectivity index (χ1) is 17.0. The first-order valence-electron chi connectivity index (χ1n) is 11.0. The second-order valence-corrected chi connectivity index (χ2v) is 8.68. The van der Waals surface area contributed by atoms with Gasteiger partial charge >= 0.3 is 6.10 Å². The van der Waals surface area contributed by atoms with Gasteiger partial charge in [0.05, 0.1) is 26.5 Å². The molecule has 0 radical (unpaired) electrons. The molecule has 1 saturated heterocycles. The molecule has 0 aliphatic carbocycles. The number of fused-ring (bicyclic) bond motifs is 1. The van der Waals surface area contributed by atoms with Gasteiger partial charge in [-0.1, -0.05) is 43.6 Å². The minimum Gasteiger partial charge on any atom is -0.374 e. The summed E-state index contributed by atoms with van der Waals surface area (Å²) in [4.78, 5) is 30.4. The third kappa shape index (κ3) is 5.09. The van der Waals surface area contributed by atoms with Gasteiger partial charge in [0.2, 0.25) is 5.91 Å². The number of amides is 1. The molecule has 0 bridgehead atoms. The van der Waals surface area contributed by atoms with E-state index in [2.05, 4.69) is 16.9 Å². The van der Waals surface area contributed by atoms with Crippen molar-refractivity contribution in [2.24, 2.45) is 0 Å².